The van der Waals surface area contributed by atoms with Gasteiger partial charge in [0.05, 0.1) is 0 Å². The van der Waals surface area contributed by atoms with Crippen LogP contribution in [-0.4, -0.2) is 30.3 Å². The summed E-state index contributed by atoms with van der Waals surface area (Å²) < 4.78 is 0. The lowest BCUT2D eigenvalue weighted by Gasteiger charge is -2.12. The predicted molar refractivity (Wildman–Crippen MR) is 85.3 cm³/mol. The average molecular weight is 290 g/mol. The highest BCUT2D eigenvalue weighted by Crippen LogP contribution is 2.19. The van der Waals surface area contributed by atoms with E-state index in [0.717, 1.165) is 43.4 Å². The molecule has 2 rings (SSSR count). The topological polar surface area (TPSA) is 63.4 Å². The Kier molecular flexibility index (Phi) is 6.40. The lowest BCUT2D eigenvalue weighted by molar-refractivity contribution is -0.126. The van der Waals surface area contributed by atoms with Gasteiger partial charge in [0.1, 0.15) is 0 Å². The largest absolute Gasteiger partial charge is 0.366 e. The molecule has 4 heteroatoms. The van der Waals surface area contributed by atoms with Gasteiger partial charge in [-0.05, 0) is 42.9 Å². The molecule has 2 amide bonds. The van der Waals surface area contributed by atoms with E-state index < -0.39 is 0 Å². The van der Waals surface area contributed by atoms with E-state index in [4.69, 9.17) is 5.73 Å². The SMILES string of the molecule is CCc1ccc(C)c(C(N)=O)c1CC.CN1CCCC1=O. The van der Waals surface area contributed by atoms with Crippen LogP contribution in [0.3, 0.4) is 0 Å². The van der Waals surface area contributed by atoms with Crippen molar-refractivity contribution in [1.29, 1.82) is 0 Å². The third-order valence-corrected chi connectivity index (χ3v) is 3.91. The number of nitrogens with two attached hydrogens (primary N) is 1. The van der Waals surface area contributed by atoms with Crippen LogP contribution in [0, 0.1) is 6.92 Å². The van der Waals surface area contributed by atoms with Crippen molar-refractivity contribution in [3.63, 3.8) is 0 Å². The number of benzene rings is 1. The van der Waals surface area contributed by atoms with E-state index in [1.807, 2.05) is 20.0 Å². The summed E-state index contributed by atoms with van der Waals surface area (Å²) in [5.74, 6) is -0.0188. The second-order valence-electron chi connectivity index (χ2n) is 5.39. The maximum Gasteiger partial charge on any atom is 0.249 e. The highest BCUT2D eigenvalue weighted by atomic mass is 16.2. The van der Waals surface area contributed by atoms with Crippen LogP contribution < -0.4 is 5.73 Å². The first-order chi connectivity index (χ1) is 9.92. The molecule has 0 atom stereocenters. The normalized spacial score (nSPS) is 13.9. The zero-order valence-electron chi connectivity index (χ0n) is 13.5. The molecule has 2 N–H and O–H groups in total. The van der Waals surface area contributed by atoms with Gasteiger partial charge in [-0.1, -0.05) is 26.0 Å². The van der Waals surface area contributed by atoms with Gasteiger partial charge in [-0.3, -0.25) is 9.59 Å². The number of nitrogens with zero attached hydrogens (tertiary/aromatic N) is 1. The van der Waals surface area contributed by atoms with Crippen LogP contribution in [0.5, 0.6) is 0 Å². The third kappa shape index (κ3) is 4.31. The first kappa shape index (κ1) is 17.2. The Morgan fingerprint density at radius 3 is 2.29 bits per heavy atom. The summed E-state index contributed by atoms with van der Waals surface area (Å²) in [7, 11) is 1.84. The van der Waals surface area contributed by atoms with Gasteiger partial charge in [-0.25, -0.2) is 0 Å². The molecule has 4 nitrogen and oxygen atoms in total. The minimum atomic E-state index is -0.311. The fraction of sp³-hybridized carbons (Fsp3) is 0.529. The Balaban J connectivity index is 0.000000262. The molecule has 0 unspecified atom stereocenters. The van der Waals surface area contributed by atoms with Gasteiger partial charge in [0.25, 0.3) is 0 Å². The summed E-state index contributed by atoms with van der Waals surface area (Å²) >= 11 is 0. The predicted octanol–water partition coefficient (Wildman–Crippen LogP) is 2.46. The molecule has 1 heterocycles. The molecule has 1 aliphatic heterocycles. The second-order valence-corrected chi connectivity index (χ2v) is 5.39. The van der Waals surface area contributed by atoms with Crippen LogP contribution in [0.4, 0.5) is 0 Å². The van der Waals surface area contributed by atoms with Crippen molar-refractivity contribution in [1.82, 2.24) is 4.90 Å². The molecule has 0 aliphatic carbocycles. The van der Waals surface area contributed by atoms with Crippen molar-refractivity contribution in [2.45, 2.75) is 46.5 Å². The number of hydrogen-bond donors (Lipinski definition) is 1. The number of primary amides is 1. The molecule has 1 fully saturated rings. The minimum absolute atomic E-state index is 0.292. The van der Waals surface area contributed by atoms with Gasteiger partial charge in [0, 0.05) is 25.6 Å². The molecule has 21 heavy (non-hydrogen) atoms. The van der Waals surface area contributed by atoms with Gasteiger partial charge in [-0.2, -0.15) is 0 Å². The van der Waals surface area contributed by atoms with E-state index in [1.165, 1.54) is 5.56 Å². The highest BCUT2D eigenvalue weighted by Gasteiger charge is 2.14. The number of hydrogen-bond acceptors (Lipinski definition) is 2. The van der Waals surface area contributed by atoms with Crippen molar-refractivity contribution in [3.8, 4) is 0 Å². The number of likely N-dealkylation sites (tertiary alicyclic amines) is 1. The van der Waals surface area contributed by atoms with E-state index in [9.17, 15) is 9.59 Å². The Labute approximate surface area is 127 Å². The van der Waals surface area contributed by atoms with Crippen molar-refractivity contribution >= 4 is 11.8 Å². The van der Waals surface area contributed by atoms with Gasteiger partial charge >= 0.3 is 0 Å². The molecule has 116 valence electrons. The quantitative estimate of drug-likeness (QED) is 0.929. The van der Waals surface area contributed by atoms with Crippen LogP contribution in [0.1, 0.15) is 53.7 Å². The summed E-state index contributed by atoms with van der Waals surface area (Å²) in [6.07, 6.45) is 3.62. The molecular weight excluding hydrogens is 264 g/mol. The van der Waals surface area contributed by atoms with Crippen molar-refractivity contribution in [2.24, 2.45) is 5.73 Å². The first-order valence-electron chi connectivity index (χ1n) is 7.57. The Bertz CT molecular complexity index is 524. The summed E-state index contributed by atoms with van der Waals surface area (Å²) in [4.78, 5) is 23.6. The van der Waals surface area contributed by atoms with Crippen molar-refractivity contribution < 1.29 is 9.59 Å². The molecule has 0 radical (unpaired) electrons. The van der Waals surface area contributed by atoms with Gasteiger partial charge in [0.2, 0.25) is 11.8 Å². The highest BCUT2D eigenvalue weighted by molar-refractivity contribution is 5.96. The van der Waals surface area contributed by atoms with Crippen LogP contribution >= 0.6 is 0 Å². The molecule has 0 bridgehead atoms. The lowest BCUT2D eigenvalue weighted by atomic mass is 9.93. The summed E-state index contributed by atoms with van der Waals surface area (Å²) in [6, 6.07) is 4.05. The van der Waals surface area contributed by atoms with E-state index in [1.54, 1.807) is 4.90 Å². The fourth-order valence-electron chi connectivity index (χ4n) is 2.67. The molecule has 1 aromatic carbocycles. The summed E-state index contributed by atoms with van der Waals surface area (Å²) in [5, 5.41) is 0. The van der Waals surface area contributed by atoms with Gasteiger partial charge in [-0.15, -0.1) is 0 Å². The van der Waals surface area contributed by atoms with E-state index in [-0.39, 0.29) is 5.91 Å². The van der Waals surface area contributed by atoms with Crippen LogP contribution in [0.25, 0.3) is 0 Å². The maximum atomic E-state index is 11.3. The summed E-state index contributed by atoms with van der Waals surface area (Å²) in [5.41, 5.74) is 9.41. The number of carbonyl (C=O) groups excluding carboxylic acids is 2. The van der Waals surface area contributed by atoms with E-state index >= 15 is 0 Å². The molecule has 1 aliphatic rings. The average Bonchev–Trinajstić information content (AvgIpc) is 2.82. The van der Waals surface area contributed by atoms with E-state index in [2.05, 4.69) is 19.9 Å². The molecule has 0 spiro atoms. The Hall–Kier alpha value is -1.84. The number of rotatable bonds is 3. The van der Waals surface area contributed by atoms with Crippen LogP contribution in [0.15, 0.2) is 12.1 Å². The van der Waals surface area contributed by atoms with Gasteiger partial charge in [0.15, 0.2) is 0 Å². The number of aryl methyl sites for hydroxylation is 2. The lowest BCUT2D eigenvalue weighted by Crippen LogP contribution is -2.17. The standard InChI is InChI=1S/C12H17NO.C5H9NO/c1-4-9-7-6-8(3)11(12(13)14)10(9)5-2;1-6-4-2-3-5(6)7/h6-7H,4-5H2,1-3H3,(H2,13,14);2-4H2,1H3. The smallest absolute Gasteiger partial charge is 0.249 e. The van der Waals surface area contributed by atoms with Crippen molar-refractivity contribution in [3.05, 3.63) is 34.4 Å². The van der Waals surface area contributed by atoms with Crippen LogP contribution in [-0.2, 0) is 17.6 Å². The number of amides is 2. The maximum absolute atomic E-state index is 11.3. The zero-order valence-corrected chi connectivity index (χ0v) is 13.5. The molecule has 0 saturated carbocycles. The van der Waals surface area contributed by atoms with Crippen molar-refractivity contribution in [2.75, 3.05) is 13.6 Å². The zero-order chi connectivity index (χ0) is 16.0. The Morgan fingerprint density at radius 1 is 1.29 bits per heavy atom. The Morgan fingerprint density at radius 2 is 1.95 bits per heavy atom. The second kappa shape index (κ2) is 7.81. The molecule has 1 aromatic rings. The minimum Gasteiger partial charge on any atom is -0.366 e. The fourth-order valence-corrected chi connectivity index (χ4v) is 2.67. The third-order valence-electron chi connectivity index (χ3n) is 3.91. The molecular formula is C17H26N2O2. The summed E-state index contributed by atoms with van der Waals surface area (Å²) in [6.45, 7) is 7.03. The van der Waals surface area contributed by atoms with Crippen LogP contribution in [0.2, 0.25) is 0 Å². The molecule has 1 saturated heterocycles. The number of carbonyl (C=O) groups is 2. The monoisotopic (exact) mass is 290 g/mol. The molecule has 0 aromatic heterocycles. The van der Waals surface area contributed by atoms with Gasteiger partial charge < -0.3 is 10.6 Å². The first-order valence-corrected chi connectivity index (χ1v) is 7.57. The van der Waals surface area contributed by atoms with E-state index in [0.29, 0.717) is 11.5 Å².